The van der Waals surface area contributed by atoms with Gasteiger partial charge in [0.1, 0.15) is 5.69 Å². The van der Waals surface area contributed by atoms with Crippen LogP contribution in [0.2, 0.25) is 0 Å². The van der Waals surface area contributed by atoms with E-state index in [0.717, 1.165) is 10.3 Å². The lowest BCUT2D eigenvalue weighted by atomic mass is 10.1. The van der Waals surface area contributed by atoms with Crippen molar-refractivity contribution < 1.29 is 10.0 Å². The van der Waals surface area contributed by atoms with Gasteiger partial charge in [-0.05, 0) is 24.3 Å². The Morgan fingerprint density at radius 3 is 2.47 bits per heavy atom. The van der Waals surface area contributed by atoms with Gasteiger partial charge in [-0.25, -0.2) is 4.57 Å². The van der Waals surface area contributed by atoms with Crippen molar-refractivity contribution in [3.8, 4) is 11.6 Å². The van der Waals surface area contributed by atoms with E-state index in [2.05, 4.69) is 9.98 Å². The number of aromatic nitrogens is 2. The molecule has 0 amide bonds. The molecule has 0 unspecified atom stereocenters. The number of benzene rings is 2. The molecule has 0 radical (unpaired) electrons. The number of para-hydroxylation sites is 2. The van der Waals surface area contributed by atoms with Gasteiger partial charge in [-0.3, -0.25) is 24.9 Å². The number of nitro groups is 1. The fraction of sp³-hybridized carbons (Fsp3) is 0.0455. The van der Waals surface area contributed by atoms with Gasteiger partial charge in [-0.2, -0.15) is 0 Å². The van der Waals surface area contributed by atoms with E-state index >= 15 is 0 Å². The van der Waals surface area contributed by atoms with Crippen LogP contribution in [0.5, 0.6) is 5.88 Å². The third-order valence-corrected chi connectivity index (χ3v) is 4.62. The molecule has 2 aromatic carbocycles. The normalized spacial score (nSPS) is 11.2. The van der Waals surface area contributed by atoms with E-state index in [-0.39, 0.29) is 17.9 Å². The van der Waals surface area contributed by atoms with Crippen LogP contribution in [0.15, 0.2) is 82.7 Å². The molecule has 0 atom stereocenters. The summed E-state index contributed by atoms with van der Waals surface area (Å²) in [7, 11) is 0. The molecule has 0 fully saturated rings. The highest BCUT2D eigenvalue weighted by molar-refractivity contribution is 6.01. The molecule has 30 heavy (non-hydrogen) atoms. The summed E-state index contributed by atoms with van der Waals surface area (Å²) in [6, 6.07) is 18.0. The summed E-state index contributed by atoms with van der Waals surface area (Å²) < 4.78 is 0.947. The highest BCUT2D eigenvalue weighted by Crippen LogP contribution is 2.29. The molecule has 0 aliphatic heterocycles. The van der Waals surface area contributed by atoms with E-state index in [1.807, 2.05) is 12.1 Å². The predicted octanol–water partition coefficient (Wildman–Crippen LogP) is 3.62. The number of fused-ring (bicyclic) bond motifs is 1. The molecule has 8 nitrogen and oxygen atoms in total. The lowest BCUT2D eigenvalue weighted by molar-refractivity contribution is -0.384. The van der Waals surface area contributed by atoms with Gasteiger partial charge in [0, 0.05) is 29.3 Å². The Kier molecular flexibility index (Phi) is 5.04. The number of aromatic hydroxyl groups is 1. The molecule has 1 N–H and O–H groups in total. The minimum atomic E-state index is -0.592. The van der Waals surface area contributed by atoms with Crippen LogP contribution >= 0.6 is 0 Å². The average molecular weight is 400 g/mol. The molecule has 0 aliphatic carbocycles. The lowest BCUT2D eigenvalue weighted by Crippen LogP contribution is -2.21. The van der Waals surface area contributed by atoms with Crippen molar-refractivity contribution in [2.24, 2.45) is 4.99 Å². The maximum atomic E-state index is 13.1. The van der Waals surface area contributed by atoms with Gasteiger partial charge in [0.25, 0.3) is 11.2 Å². The predicted molar refractivity (Wildman–Crippen MR) is 113 cm³/mol. The zero-order chi connectivity index (χ0) is 21.1. The molecule has 2 heterocycles. The van der Waals surface area contributed by atoms with Gasteiger partial charge in [-0.15, -0.1) is 0 Å². The van der Waals surface area contributed by atoms with E-state index in [1.165, 1.54) is 24.4 Å². The van der Waals surface area contributed by atoms with Crippen molar-refractivity contribution in [3.63, 3.8) is 0 Å². The first kappa shape index (κ1) is 19.0. The molecule has 0 saturated heterocycles. The summed E-state index contributed by atoms with van der Waals surface area (Å²) >= 11 is 0. The van der Waals surface area contributed by atoms with Gasteiger partial charge < -0.3 is 5.11 Å². The zero-order valence-electron chi connectivity index (χ0n) is 15.7. The molecule has 4 aromatic rings. The Balaban J connectivity index is 1.93. The Bertz CT molecular complexity index is 1330. The molecule has 2 aromatic heterocycles. The Morgan fingerprint density at radius 1 is 1.03 bits per heavy atom. The van der Waals surface area contributed by atoms with Crippen molar-refractivity contribution in [3.05, 3.63) is 105 Å². The number of hydrogen-bond acceptors (Lipinski definition) is 6. The van der Waals surface area contributed by atoms with Gasteiger partial charge in [0.2, 0.25) is 5.88 Å². The van der Waals surface area contributed by atoms with Gasteiger partial charge >= 0.3 is 0 Å². The summed E-state index contributed by atoms with van der Waals surface area (Å²) in [5.41, 5.74) is 0.166. The van der Waals surface area contributed by atoms with E-state index in [1.54, 1.807) is 42.6 Å². The van der Waals surface area contributed by atoms with Crippen molar-refractivity contribution in [1.29, 1.82) is 0 Å². The second-order valence-corrected chi connectivity index (χ2v) is 6.46. The maximum Gasteiger partial charge on any atom is 0.293 e. The molecule has 0 spiro atoms. The van der Waals surface area contributed by atoms with Crippen LogP contribution in [0.1, 0.15) is 11.3 Å². The number of nitro benzene ring substituents is 1. The van der Waals surface area contributed by atoms with Crippen molar-refractivity contribution in [1.82, 2.24) is 9.55 Å². The largest absolute Gasteiger partial charge is 0.494 e. The third kappa shape index (κ3) is 3.42. The Labute approximate surface area is 170 Å². The van der Waals surface area contributed by atoms with Gasteiger partial charge in [0.05, 0.1) is 22.7 Å². The van der Waals surface area contributed by atoms with E-state index in [4.69, 9.17) is 0 Å². The molecule has 0 saturated carbocycles. The minimum Gasteiger partial charge on any atom is -0.494 e. The summed E-state index contributed by atoms with van der Waals surface area (Å²) in [5.74, 6) is -0.419. The standard InChI is InChI=1S/C22H16N4O4/c27-21-17-9-2-1-8-16(17)18(14-23-13-15-7-5-6-12-24-15)22(28)25(21)19-10-3-4-11-20(19)26(29)30/h1-12,14,28H,13H2. The maximum absolute atomic E-state index is 13.1. The van der Waals surface area contributed by atoms with E-state index < -0.39 is 16.4 Å². The molecule has 4 rings (SSSR count). The van der Waals surface area contributed by atoms with Gasteiger partial charge in [0.15, 0.2) is 0 Å². The summed E-state index contributed by atoms with van der Waals surface area (Å²) in [6.45, 7) is 0.277. The molecular formula is C22H16N4O4. The SMILES string of the molecule is O=c1c2ccccc2c(C=NCc2ccccn2)c(O)n1-c1ccccc1[N+](=O)[O-]. The first-order valence-corrected chi connectivity index (χ1v) is 9.08. The fourth-order valence-electron chi connectivity index (χ4n) is 3.24. The molecule has 0 aliphatic rings. The van der Waals surface area contributed by atoms with Crippen molar-refractivity contribution in [2.75, 3.05) is 0 Å². The number of pyridine rings is 2. The number of aliphatic imine (C=N–C) groups is 1. The minimum absolute atomic E-state index is 0.0184. The first-order chi connectivity index (χ1) is 14.6. The number of rotatable bonds is 5. The smallest absolute Gasteiger partial charge is 0.293 e. The Morgan fingerprint density at radius 2 is 1.73 bits per heavy atom. The van der Waals surface area contributed by atoms with Crippen molar-refractivity contribution >= 4 is 22.7 Å². The van der Waals surface area contributed by atoms with Crippen LogP contribution in [0.25, 0.3) is 16.5 Å². The monoisotopic (exact) mass is 400 g/mol. The zero-order valence-corrected chi connectivity index (χ0v) is 15.7. The van der Waals surface area contributed by atoms with Crippen LogP contribution in [-0.2, 0) is 6.54 Å². The van der Waals surface area contributed by atoms with Crippen molar-refractivity contribution in [2.45, 2.75) is 6.54 Å². The summed E-state index contributed by atoms with van der Waals surface area (Å²) in [4.78, 5) is 32.5. The van der Waals surface area contributed by atoms with Crippen LogP contribution in [0.3, 0.4) is 0 Å². The first-order valence-electron chi connectivity index (χ1n) is 9.08. The topological polar surface area (TPSA) is 111 Å². The number of hydrogen-bond donors (Lipinski definition) is 1. The summed E-state index contributed by atoms with van der Waals surface area (Å²) in [6.07, 6.45) is 3.11. The number of nitrogens with zero attached hydrogens (tertiary/aromatic N) is 4. The summed E-state index contributed by atoms with van der Waals surface area (Å²) in [5, 5.41) is 23.2. The van der Waals surface area contributed by atoms with Crippen LogP contribution < -0.4 is 5.56 Å². The van der Waals surface area contributed by atoms with Gasteiger partial charge in [-0.1, -0.05) is 36.4 Å². The third-order valence-electron chi connectivity index (χ3n) is 4.62. The second-order valence-electron chi connectivity index (χ2n) is 6.46. The molecule has 148 valence electrons. The van der Waals surface area contributed by atoms with Crippen LogP contribution in [-0.4, -0.2) is 25.8 Å². The fourth-order valence-corrected chi connectivity index (χ4v) is 3.24. The highest BCUT2D eigenvalue weighted by atomic mass is 16.6. The van der Waals surface area contributed by atoms with E-state index in [0.29, 0.717) is 16.3 Å². The quantitative estimate of drug-likeness (QED) is 0.312. The van der Waals surface area contributed by atoms with Crippen LogP contribution in [0.4, 0.5) is 5.69 Å². The molecule has 0 bridgehead atoms. The second kappa shape index (κ2) is 7.96. The molecule has 8 heteroatoms. The highest BCUT2D eigenvalue weighted by Gasteiger charge is 2.22. The van der Waals surface area contributed by atoms with Crippen LogP contribution in [0, 0.1) is 10.1 Å². The Hall–Kier alpha value is -4.33. The van der Waals surface area contributed by atoms with E-state index in [9.17, 15) is 20.0 Å². The average Bonchev–Trinajstić information content (AvgIpc) is 2.77. The lowest BCUT2D eigenvalue weighted by Gasteiger charge is -2.13. The molecular weight excluding hydrogens is 384 g/mol.